The van der Waals surface area contributed by atoms with Crippen molar-refractivity contribution < 1.29 is 37.9 Å². The van der Waals surface area contributed by atoms with E-state index >= 15 is 0 Å². The molecular weight excluding hydrogens is 705 g/mol. The van der Waals surface area contributed by atoms with Gasteiger partial charge in [-0.05, 0) is 145 Å². The van der Waals surface area contributed by atoms with Crippen LogP contribution in [0.3, 0.4) is 0 Å². The van der Waals surface area contributed by atoms with Gasteiger partial charge in [0.05, 0.1) is 42.7 Å². The zero-order valence-corrected chi connectivity index (χ0v) is 33.1. The highest BCUT2D eigenvalue weighted by Gasteiger charge is 2.15. The van der Waals surface area contributed by atoms with E-state index in [1.54, 1.807) is 42.7 Å². The molecule has 0 fully saturated rings. The van der Waals surface area contributed by atoms with Crippen LogP contribution in [0.2, 0.25) is 0 Å². The lowest BCUT2D eigenvalue weighted by Gasteiger charge is -2.16. The average molecular weight is 755 g/mol. The minimum atomic E-state index is 0.616. The summed E-state index contributed by atoms with van der Waals surface area (Å²) in [7, 11) is 9.96. The fourth-order valence-electron chi connectivity index (χ4n) is 6.58. The first kappa shape index (κ1) is 39.4. The first-order valence-corrected chi connectivity index (χ1v) is 18.7. The van der Waals surface area contributed by atoms with Crippen molar-refractivity contribution in [3.05, 3.63) is 155 Å². The summed E-state index contributed by atoms with van der Waals surface area (Å²) >= 11 is 0. The SMILES string of the molecule is COc1cccc(CCc2ccc(OC)c(Oc3cc(CCc4ccc(OC)c(Oc5cc(CCc6cccc(OC)c6)ccc5OC)c4)ccc3OC)c2)c1. The summed E-state index contributed by atoms with van der Waals surface area (Å²) < 4.78 is 46.7. The molecule has 0 saturated heterocycles. The van der Waals surface area contributed by atoms with Crippen LogP contribution >= 0.6 is 0 Å². The molecule has 8 heteroatoms. The molecule has 0 saturated carbocycles. The Morgan fingerprint density at radius 1 is 0.268 bits per heavy atom. The summed E-state index contributed by atoms with van der Waals surface area (Å²) in [5.41, 5.74) is 6.87. The number of hydrogen-bond donors (Lipinski definition) is 0. The van der Waals surface area contributed by atoms with Gasteiger partial charge in [0.2, 0.25) is 0 Å². The number of methoxy groups -OCH3 is 6. The van der Waals surface area contributed by atoms with Gasteiger partial charge in [-0.1, -0.05) is 48.5 Å². The number of aryl methyl sites for hydroxylation is 6. The zero-order chi connectivity index (χ0) is 39.3. The number of benzene rings is 6. The van der Waals surface area contributed by atoms with Crippen molar-refractivity contribution in [3.63, 3.8) is 0 Å². The zero-order valence-electron chi connectivity index (χ0n) is 33.1. The van der Waals surface area contributed by atoms with Gasteiger partial charge in [-0.3, -0.25) is 0 Å². The van der Waals surface area contributed by atoms with Gasteiger partial charge >= 0.3 is 0 Å². The molecule has 0 aromatic heterocycles. The van der Waals surface area contributed by atoms with Gasteiger partial charge in [0.15, 0.2) is 46.0 Å². The monoisotopic (exact) mass is 754 g/mol. The Bertz CT molecular complexity index is 2050. The minimum absolute atomic E-state index is 0.616. The van der Waals surface area contributed by atoms with E-state index in [1.165, 1.54) is 11.1 Å². The smallest absolute Gasteiger partial charge is 0.169 e. The van der Waals surface area contributed by atoms with E-state index < -0.39 is 0 Å². The number of ether oxygens (including phenoxy) is 8. The van der Waals surface area contributed by atoms with Crippen LogP contribution in [0.15, 0.2) is 121 Å². The fraction of sp³-hybridized carbons (Fsp3) is 0.250. The Hall–Kier alpha value is -6.28. The maximum absolute atomic E-state index is 6.52. The molecule has 0 amide bonds. The molecule has 0 aliphatic carbocycles. The summed E-state index contributed by atoms with van der Waals surface area (Å²) in [6, 6.07) is 40.5. The first-order chi connectivity index (χ1) is 27.4. The number of rotatable bonds is 19. The van der Waals surface area contributed by atoms with Gasteiger partial charge in [-0.25, -0.2) is 0 Å². The minimum Gasteiger partial charge on any atom is -0.497 e. The van der Waals surface area contributed by atoms with Crippen LogP contribution in [-0.4, -0.2) is 42.7 Å². The second-order valence-corrected chi connectivity index (χ2v) is 13.3. The molecule has 8 nitrogen and oxygen atoms in total. The van der Waals surface area contributed by atoms with Gasteiger partial charge in [-0.15, -0.1) is 0 Å². The van der Waals surface area contributed by atoms with Crippen LogP contribution in [0.4, 0.5) is 0 Å². The Morgan fingerprint density at radius 2 is 0.536 bits per heavy atom. The highest BCUT2D eigenvalue weighted by Crippen LogP contribution is 2.40. The quantitative estimate of drug-likeness (QED) is 0.0809. The van der Waals surface area contributed by atoms with E-state index in [2.05, 4.69) is 48.5 Å². The maximum Gasteiger partial charge on any atom is 0.169 e. The van der Waals surface area contributed by atoms with Crippen LogP contribution in [-0.2, 0) is 38.5 Å². The third kappa shape index (κ3) is 10.3. The van der Waals surface area contributed by atoms with Crippen LogP contribution < -0.4 is 37.9 Å². The molecule has 0 spiro atoms. The van der Waals surface area contributed by atoms with Gasteiger partial charge in [0.1, 0.15) is 11.5 Å². The van der Waals surface area contributed by atoms with E-state index in [-0.39, 0.29) is 0 Å². The molecule has 0 unspecified atom stereocenters. The molecule has 0 bridgehead atoms. The van der Waals surface area contributed by atoms with Crippen molar-refractivity contribution in [1.82, 2.24) is 0 Å². The Labute approximate surface area is 330 Å². The molecule has 6 aromatic carbocycles. The van der Waals surface area contributed by atoms with Crippen LogP contribution in [0.1, 0.15) is 33.4 Å². The molecule has 6 aromatic rings. The highest BCUT2D eigenvalue weighted by atomic mass is 16.5. The van der Waals surface area contributed by atoms with Gasteiger partial charge in [0, 0.05) is 0 Å². The molecule has 0 atom stereocenters. The first-order valence-electron chi connectivity index (χ1n) is 18.7. The van der Waals surface area contributed by atoms with Crippen molar-refractivity contribution in [1.29, 1.82) is 0 Å². The predicted octanol–water partition coefficient (Wildman–Crippen LogP) is 10.7. The summed E-state index contributed by atoms with van der Waals surface area (Å²) in [6.07, 6.45) is 4.91. The van der Waals surface area contributed by atoms with Crippen molar-refractivity contribution in [2.24, 2.45) is 0 Å². The Kier molecular flexibility index (Phi) is 13.6. The molecule has 6 rings (SSSR count). The molecular formula is C48H50O8. The molecule has 0 N–H and O–H groups in total. The Balaban J connectivity index is 1.15. The predicted molar refractivity (Wildman–Crippen MR) is 220 cm³/mol. The van der Waals surface area contributed by atoms with Crippen molar-refractivity contribution >= 4 is 0 Å². The van der Waals surface area contributed by atoms with Gasteiger partial charge < -0.3 is 37.9 Å². The molecule has 0 aliphatic heterocycles. The third-order valence-corrected chi connectivity index (χ3v) is 9.73. The van der Waals surface area contributed by atoms with Gasteiger partial charge in [-0.2, -0.15) is 0 Å². The molecule has 0 aliphatic rings. The van der Waals surface area contributed by atoms with E-state index in [0.717, 1.165) is 72.3 Å². The van der Waals surface area contributed by atoms with E-state index in [0.29, 0.717) is 46.0 Å². The second-order valence-electron chi connectivity index (χ2n) is 13.3. The van der Waals surface area contributed by atoms with E-state index in [9.17, 15) is 0 Å². The lowest BCUT2D eigenvalue weighted by Crippen LogP contribution is -1.99. The largest absolute Gasteiger partial charge is 0.497 e. The lowest BCUT2D eigenvalue weighted by molar-refractivity contribution is 0.355. The van der Waals surface area contributed by atoms with E-state index in [1.807, 2.05) is 72.8 Å². The average Bonchev–Trinajstić information content (AvgIpc) is 3.24. The summed E-state index contributed by atoms with van der Waals surface area (Å²) in [6.45, 7) is 0. The second kappa shape index (κ2) is 19.4. The standard InChI is InChI=1S/C48H50O8/c1-49-39-11-7-9-33(27-39)13-15-35-19-23-41(51-3)45(29-35)55-47-31-37(21-25-43(47)53-5)17-18-38-22-26-44(54-6)48(32-38)56-46-30-36(20-24-42(46)52-4)16-14-34-10-8-12-40(28-34)50-2/h7-12,19-32H,13-18H2,1-6H3. The molecule has 0 heterocycles. The van der Waals surface area contributed by atoms with Crippen molar-refractivity contribution in [3.8, 4) is 57.5 Å². The molecule has 0 radical (unpaired) electrons. The summed E-state index contributed by atoms with van der Waals surface area (Å²) in [4.78, 5) is 0. The van der Waals surface area contributed by atoms with Crippen molar-refractivity contribution in [2.75, 3.05) is 42.7 Å². The maximum atomic E-state index is 6.52. The normalized spacial score (nSPS) is 10.8. The van der Waals surface area contributed by atoms with Crippen LogP contribution in [0, 0.1) is 0 Å². The third-order valence-electron chi connectivity index (χ3n) is 9.73. The number of hydrogen-bond acceptors (Lipinski definition) is 8. The summed E-state index contributed by atoms with van der Waals surface area (Å²) in [5.74, 6) is 6.76. The topological polar surface area (TPSA) is 73.8 Å². The molecule has 290 valence electrons. The highest BCUT2D eigenvalue weighted by molar-refractivity contribution is 5.52. The Morgan fingerprint density at radius 3 is 0.786 bits per heavy atom. The fourth-order valence-corrected chi connectivity index (χ4v) is 6.58. The van der Waals surface area contributed by atoms with E-state index in [4.69, 9.17) is 37.9 Å². The van der Waals surface area contributed by atoms with Crippen LogP contribution in [0.25, 0.3) is 0 Å². The molecule has 56 heavy (non-hydrogen) atoms. The lowest BCUT2D eigenvalue weighted by atomic mass is 10.0. The van der Waals surface area contributed by atoms with Gasteiger partial charge in [0.25, 0.3) is 0 Å². The van der Waals surface area contributed by atoms with Crippen molar-refractivity contribution in [2.45, 2.75) is 38.5 Å². The van der Waals surface area contributed by atoms with Crippen LogP contribution in [0.5, 0.6) is 57.5 Å². The summed E-state index contributed by atoms with van der Waals surface area (Å²) in [5, 5.41) is 0.